The monoisotopic (exact) mass is 393 g/mol. The molecule has 0 saturated heterocycles. The van der Waals surface area contributed by atoms with Crippen molar-refractivity contribution in [1.82, 2.24) is 9.55 Å². The second kappa shape index (κ2) is 7.80. The highest BCUT2D eigenvalue weighted by Crippen LogP contribution is 2.36. The van der Waals surface area contributed by atoms with Gasteiger partial charge in [-0.3, -0.25) is 14.2 Å². The number of nitrogens with one attached hydrogen (secondary N) is 1. The van der Waals surface area contributed by atoms with E-state index in [-0.39, 0.29) is 23.3 Å². The molecule has 0 atom stereocenters. The summed E-state index contributed by atoms with van der Waals surface area (Å²) >= 11 is 1.33. The van der Waals surface area contributed by atoms with Gasteiger partial charge in [-0.2, -0.15) is 0 Å². The molecule has 0 spiro atoms. The number of carbonyl (C=O) groups is 1. The number of amides is 1. The third-order valence-corrected chi connectivity index (χ3v) is 5.98. The van der Waals surface area contributed by atoms with E-state index in [9.17, 15) is 9.59 Å². The van der Waals surface area contributed by atoms with Crippen LogP contribution in [0.15, 0.2) is 52.4 Å². The normalized spacial score (nSPS) is 13.6. The fraction of sp³-hybridized carbons (Fsp3) is 0.318. The van der Waals surface area contributed by atoms with Gasteiger partial charge in [0.25, 0.3) is 5.56 Å². The number of aromatic nitrogens is 2. The van der Waals surface area contributed by atoms with E-state index in [0.29, 0.717) is 16.1 Å². The maximum absolute atomic E-state index is 12.9. The highest BCUT2D eigenvalue weighted by molar-refractivity contribution is 7.99. The Bertz CT molecular complexity index is 1100. The van der Waals surface area contributed by atoms with Crippen LogP contribution in [0.25, 0.3) is 10.9 Å². The molecule has 1 aliphatic rings. The zero-order chi connectivity index (χ0) is 19.7. The van der Waals surface area contributed by atoms with Crippen molar-refractivity contribution < 1.29 is 4.79 Å². The van der Waals surface area contributed by atoms with E-state index in [1.807, 2.05) is 49.4 Å². The van der Waals surface area contributed by atoms with Gasteiger partial charge in [-0.25, -0.2) is 4.98 Å². The summed E-state index contributed by atoms with van der Waals surface area (Å²) in [6, 6.07) is 13.6. The summed E-state index contributed by atoms with van der Waals surface area (Å²) in [7, 11) is 0. The Morgan fingerprint density at radius 2 is 2.00 bits per heavy atom. The number of thioether (sulfide) groups is 1. The molecule has 1 aliphatic carbocycles. The first-order chi connectivity index (χ1) is 13.6. The van der Waals surface area contributed by atoms with Gasteiger partial charge in [0.15, 0.2) is 5.16 Å². The SMILES string of the molecule is CCc1cccc(C)c1NC(=O)CSc1nc2ccccc2c(=O)n1C1CC1. The second-order valence-electron chi connectivity index (χ2n) is 7.12. The van der Waals surface area contributed by atoms with Crippen LogP contribution in [0.2, 0.25) is 0 Å². The van der Waals surface area contributed by atoms with Crippen molar-refractivity contribution in [3.63, 3.8) is 0 Å². The number of benzene rings is 2. The molecule has 1 amide bonds. The molecular weight excluding hydrogens is 370 g/mol. The average Bonchev–Trinajstić information content (AvgIpc) is 3.53. The summed E-state index contributed by atoms with van der Waals surface area (Å²) in [4.78, 5) is 30.2. The molecule has 1 aromatic heterocycles. The van der Waals surface area contributed by atoms with E-state index in [0.717, 1.165) is 36.1 Å². The number of aryl methyl sites for hydroxylation is 2. The molecule has 1 fully saturated rings. The van der Waals surface area contributed by atoms with Crippen molar-refractivity contribution >= 4 is 34.3 Å². The number of hydrogen-bond acceptors (Lipinski definition) is 4. The first-order valence-corrected chi connectivity index (χ1v) is 10.6. The van der Waals surface area contributed by atoms with Crippen LogP contribution in [0.3, 0.4) is 0 Å². The molecule has 4 rings (SSSR count). The molecule has 28 heavy (non-hydrogen) atoms. The topological polar surface area (TPSA) is 64.0 Å². The van der Waals surface area contributed by atoms with Gasteiger partial charge < -0.3 is 5.32 Å². The van der Waals surface area contributed by atoms with Crippen LogP contribution in [-0.2, 0) is 11.2 Å². The molecule has 0 aliphatic heterocycles. The summed E-state index contributed by atoms with van der Waals surface area (Å²) < 4.78 is 1.77. The van der Waals surface area contributed by atoms with Gasteiger partial charge in [0.2, 0.25) is 5.91 Å². The lowest BCUT2D eigenvalue weighted by molar-refractivity contribution is -0.113. The van der Waals surface area contributed by atoms with E-state index >= 15 is 0 Å². The minimum Gasteiger partial charge on any atom is -0.325 e. The van der Waals surface area contributed by atoms with E-state index in [1.54, 1.807) is 4.57 Å². The van der Waals surface area contributed by atoms with Crippen molar-refractivity contribution in [2.75, 3.05) is 11.1 Å². The Kier molecular flexibility index (Phi) is 5.22. The fourth-order valence-corrected chi connectivity index (χ4v) is 4.26. The maximum atomic E-state index is 12.9. The largest absolute Gasteiger partial charge is 0.325 e. The molecule has 5 nitrogen and oxygen atoms in total. The lowest BCUT2D eigenvalue weighted by Crippen LogP contribution is -2.23. The van der Waals surface area contributed by atoms with Crippen LogP contribution in [0.1, 0.15) is 36.9 Å². The second-order valence-corrected chi connectivity index (χ2v) is 8.06. The molecule has 6 heteroatoms. The Morgan fingerprint density at radius 1 is 1.21 bits per heavy atom. The van der Waals surface area contributed by atoms with E-state index in [1.165, 1.54) is 11.8 Å². The van der Waals surface area contributed by atoms with Crippen LogP contribution in [0.4, 0.5) is 5.69 Å². The van der Waals surface area contributed by atoms with Crippen molar-refractivity contribution in [3.8, 4) is 0 Å². The number of nitrogens with zero attached hydrogens (tertiary/aromatic N) is 2. The van der Waals surface area contributed by atoms with Crippen molar-refractivity contribution in [1.29, 1.82) is 0 Å². The average molecular weight is 394 g/mol. The number of rotatable bonds is 6. The third-order valence-electron chi connectivity index (χ3n) is 5.02. The molecule has 0 radical (unpaired) electrons. The van der Waals surface area contributed by atoms with E-state index in [2.05, 4.69) is 17.2 Å². The number of hydrogen-bond donors (Lipinski definition) is 1. The summed E-state index contributed by atoms with van der Waals surface area (Å²) in [5.41, 5.74) is 3.73. The van der Waals surface area contributed by atoms with Gasteiger partial charge in [-0.1, -0.05) is 49.0 Å². The van der Waals surface area contributed by atoms with Gasteiger partial charge in [-0.15, -0.1) is 0 Å². The first kappa shape index (κ1) is 18.7. The lowest BCUT2D eigenvalue weighted by Gasteiger charge is -2.14. The van der Waals surface area contributed by atoms with Crippen LogP contribution >= 0.6 is 11.8 Å². The zero-order valence-corrected chi connectivity index (χ0v) is 16.9. The van der Waals surface area contributed by atoms with Gasteiger partial charge in [0, 0.05) is 11.7 Å². The zero-order valence-electron chi connectivity index (χ0n) is 16.1. The molecular formula is C22H23N3O2S. The smallest absolute Gasteiger partial charge is 0.262 e. The Hall–Kier alpha value is -2.60. The third kappa shape index (κ3) is 3.69. The number of fused-ring (bicyclic) bond motifs is 1. The predicted molar refractivity (Wildman–Crippen MR) is 114 cm³/mol. The highest BCUT2D eigenvalue weighted by atomic mass is 32.2. The first-order valence-electron chi connectivity index (χ1n) is 9.61. The van der Waals surface area contributed by atoms with Crippen LogP contribution in [-0.4, -0.2) is 21.2 Å². The molecule has 144 valence electrons. The molecule has 0 bridgehead atoms. The summed E-state index contributed by atoms with van der Waals surface area (Å²) in [5.74, 6) is 0.133. The minimum absolute atomic E-state index is 0.0109. The summed E-state index contributed by atoms with van der Waals surface area (Å²) in [6.45, 7) is 4.07. The van der Waals surface area contributed by atoms with Crippen LogP contribution < -0.4 is 10.9 Å². The molecule has 1 N–H and O–H groups in total. The molecule has 2 aromatic carbocycles. The molecule has 0 unspecified atom stereocenters. The summed E-state index contributed by atoms with van der Waals surface area (Å²) in [5, 5.41) is 4.30. The van der Waals surface area contributed by atoms with Gasteiger partial charge >= 0.3 is 0 Å². The maximum Gasteiger partial charge on any atom is 0.262 e. The van der Waals surface area contributed by atoms with Crippen molar-refractivity contribution in [3.05, 3.63) is 63.9 Å². The Balaban J connectivity index is 1.57. The highest BCUT2D eigenvalue weighted by Gasteiger charge is 2.28. The minimum atomic E-state index is -0.0845. The van der Waals surface area contributed by atoms with Gasteiger partial charge in [-0.05, 0) is 49.4 Å². The Morgan fingerprint density at radius 3 is 2.75 bits per heavy atom. The van der Waals surface area contributed by atoms with Gasteiger partial charge in [0.1, 0.15) is 0 Å². The molecule has 1 heterocycles. The van der Waals surface area contributed by atoms with E-state index in [4.69, 9.17) is 0 Å². The summed E-state index contributed by atoms with van der Waals surface area (Å²) in [6.07, 6.45) is 2.84. The van der Waals surface area contributed by atoms with E-state index < -0.39 is 0 Å². The van der Waals surface area contributed by atoms with Crippen LogP contribution in [0.5, 0.6) is 0 Å². The predicted octanol–water partition coefficient (Wildman–Crippen LogP) is 4.33. The van der Waals surface area contributed by atoms with Crippen molar-refractivity contribution in [2.24, 2.45) is 0 Å². The van der Waals surface area contributed by atoms with Crippen LogP contribution in [0, 0.1) is 6.92 Å². The Labute approximate surface area is 168 Å². The number of carbonyl (C=O) groups excluding carboxylic acids is 1. The number of para-hydroxylation sites is 2. The van der Waals surface area contributed by atoms with Gasteiger partial charge in [0.05, 0.1) is 16.7 Å². The van der Waals surface area contributed by atoms with Crippen molar-refractivity contribution in [2.45, 2.75) is 44.3 Å². The lowest BCUT2D eigenvalue weighted by atomic mass is 10.1. The quantitative estimate of drug-likeness (QED) is 0.500. The fourth-order valence-electron chi connectivity index (χ4n) is 3.39. The molecule has 3 aromatic rings. The molecule has 1 saturated carbocycles. The standard InChI is InChI=1S/C22H23N3O2S/c1-3-15-8-6-7-14(2)20(15)24-19(26)13-28-22-23-18-10-5-4-9-17(18)21(27)25(22)16-11-12-16/h4-10,16H,3,11-13H2,1-2H3,(H,24,26). The number of anilines is 1.